The minimum atomic E-state index is 0.0590. The molecular weight excluding hydrogens is 168 g/mol. The molecule has 0 bridgehead atoms. The van der Waals surface area contributed by atoms with E-state index in [4.69, 9.17) is 17.0 Å². The topological polar surface area (TPSA) is 9.23 Å². The average molecular weight is 180 g/mol. The Morgan fingerprint density at radius 2 is 1.92 bits per heavy atom. The fourth-order valence-corrected chi connectivity index (χ4v) is 1.19. The van der Waals surface area contributed by atoms with Gasteiger partial charge in [0.25, 0.3) is 0 Å². The zero-order chi connectivity index (χ0) is 8.97. The number of benzene rings is 1. The Kier molecular flexibility index (Phi) is 3.23. The van der Waals surface area contributed by atoms with Gasteiger partial charge in [0.05, 0.1) is 0 Å². The summed E-state index contributed by atoms with van der Waals surface area (Å²) in [5, 5.41) is 0.589. The lowest BCUT2D eigenvalue weighted by atomic mass is 10.1. The minimum absolute atomic E-state index is 0.0590. The SMILES string of the molecule is CC(=S)OC(C)c1ccccc1. The summed E-state index contributed by atoms with van der Waals surface area (Å²) in [6.45, 7) is 3.78. The molecule has 2 heteroatoms. The van der Waals surface area contributed by atoms with E-state index in [0.717, 1.165) is 5.56 Å². The van der Waals surface area contributed by atoms with E-state index in [9.17, 15) is 0 Å². The molecule has 0 aliphatic rings. The summed E-state index contributed by atoms with van der Waals surface area (Å²) in [7, 11) is 0. The first-order chi connectivity index (χ1) is 5.70. The lowest BCUT2D eigenvalue weighted by Gasteiger charge is -2.12. The van der Waals surface area contributed by atoms with E-state index in [1.165, 1.54) is 0 Å². The van der Waals surface area contributed by atoms with Gasteiger partial charge in [0.2, 0.25) is 0 Å². The Morgan fingerprint density at radius 1 is 1.33 bits per heavy atom. The number of thiocarbonyl (C=S) groups is 1. The first-order valence-electron chi connectivity index (χ1n) is 3.92. The van der Waals surface area contributed by atoms with Crippen LogP contribution in [0.15, 0.2) is 30.3 Å². The van der Waals surface area contributed by atoms with Crippen molar-refractivity contribution < 1.29 is 4.74 Å². The molecule has 0 spiro atoms. The zero-order valence-corrected chi connectivity index (χ0v) is 8.10. The molecule has 1 unspecified atom stereocenters. The van der Waals surface area contributed by atoms with E-state index >= 15 is 0 Å². The Hall–Kier alpha value is -0.890. The predicted octanol–water partition coefficient (Wildman–Crippen LogP) is 3.11. The van der Waals surface area contributed by atoms with Gasteiger partial charge in [0, 0.05) is 6.92 Å². The van der Waals surface area contributed by atoms with E-state index < -0.39 is 0 Å². The third-order valence-corrected chi connectivity index (χ3v) is 1.71. The van der Waals surface area contributed by atoms with Crippen LogP contribution < -0.4 is 0 Å². The van der Waals surface area contributed by atoms with Gasteiger partial charge >= 0.3 is 0 Å². The third kappa shape index (κ3) is 2.62. The molecule has 0 saturated heterocycles. The van der Waals surface area contributed by atoms with E-state index in [2.05, 4.69) is 0 Å². The molecule has 1 rings (SSSR count). The second-order valence-corrected chi connectivity index (χ2v) is 3.24. The first kappa shape index (κ1) is 9.20. The fourth-order valence-electron chi connectivity index (χ4n) is 1.04. The average Bonchev–Trinajstić information content (AvgIpc) is 2.05. The van der Waals surface area contributed by atoms with Gasteiger partial charge in [0.15, 0.2) is 5.05 Å². The highest BCUT2D eigenvalue weighted by Crippen LogP contribution is 2.15. The highest BCUT2D eigenvalue weighted by molar-refractivity contribution is 7.80. The van der Waals surface area contributed by atoms with E-state index in [1.807, 2.05) is 37.3 Å². The van der Waals surface area contributed by atoms with Gasteiger partial charge in [-0.2, -0.15) is 0 Å². The molecule has 0 aliphatic heterocycles. The number of rotatable bonds is 2. The number of hydrogen-bond acceptors (Lipinski definition) is 2. The third-order valence-electron chi connectivity index (χ3n) is 1.61. The van der Waals surface area contributed by atoms with Crippen molar-refractivity contribution in [2.75, 3.05) is 0 Å². The van der Waals surface area contributed by atoms with Crippen LogP contribution >= 0.6 is 12.2 Å². The highest BCUT2D eigenvalue weighted by atomic mass is 32.1. The summed E-state index contributed by atoms with van der Waals surface area (Å²) in [5.74, 6) is 0. The van der Waals surface area contributed by atoms with Crippen molar-refractivity contribution in [3.8, 4) is 0 Å². The van der Waals surface area contributed by atoms with Crippen LogP contribution in [0.1, 0.15) is 25.5 Å². The van der Waals surface area contributed by atoms with Crippen molar-refractivity contribution >= 4 is 17.3 Å². The van der Waals surface area contributed by atoms with Crippen molar-refractivity contribution in [2.24, 2.45) is 0 Å². The van der Waals surface area contributed by atoms with Crippen molar-refractivity contribution in [1.82, 2.24) is 0 Å². The van der Waals surface area contributed by atoms with E-state index in [1.54, 1.807) is 6.92 Å². The van der Waals surface area contributed by atoms with Crippen LogP contribution in [0.2, 0.25) is 0 Å². The molecule has 1 atom stereocenters. The molecule has 1 nitrogen and oxygen atoms in total. The molecule has 0 N–H and O–H groups in total. The molecule has 0 fully saturated rings. The second kappa shape index (κ2) is 4.21. The summed E-state index contributed by atoms with van der Waals surface area (Å²) in [6, 6.07) is 10.0. The Morgan fingerprint density at radius 3 is 2.42 bits per heavy atom. The molecular formula is C10H12OS. The van der Waals surface area contributed by atoms with Crippen LogP contribution in [0.25, 0.3) is 0 Å². The molecule has 0 radical (unpaired) electrons. The van der Waals surface area contributed by atoms with Gasteiger partial charge in [-0.25, -0.2) is 0 Å². The van der Waals surface area contributed by atoms with Crippen LogP contribution in [0, 0.1) is 0 Å². The first-order valence-corrected chi connectivity index (χ1v) is 4.33. The maximum absolute atomic E-state index is 5.37. The van der Waals surface area contributed by atoms with Crippen LogP contribution in [0.3, 0.4) is 0 Å². The molecule has 0 saturated carbocycles. The Labute approximate surface area is 78.4 Å². The molecule has 64 valence electrons. The van der Waals surface area contributed by atoms with E-state index in [-0.39, 0.29) is 6.10 Å². The monoisotopic (exact) mass is 180 g/mol. The summed E-state index contributed by atoms with van der Waals surface area (Å²) in [4.78, 5) is 0. The van der Waals surface area contributed by atoms with Gasteiger partial charge in [0.1, 0.15) is 6.10 Å². The minimum Gasteiger partial charge on any atom is -0.480 e. The fraction of sp³-hybridized carbons (Fsp3) is 0.300. The standard InChI is InChI=1S/C10H12OS/c1-8(11-9(2)12)10-6-4-3-5-7-10/h3-8H,1-2H3. The quantitative estimate of drug-likeness (QED) is 0.647. The molecule has 0 heterocycles. The second-order valence-electron chi connectivity index (χ2n) is 2.66. The van der Waals surface area contributed by atoms with Crippen LogP contribution in [0.4, 0.5) is 0 Å². The van der Waals surface area contributed by atoms with Crippen LogP contribution in [-0.2, 0) is 4.74 Å². The number of ether oxygens (including phenoxy) is 1. The molecule has 12 heavy (non-hydrogen) atoms. The van der Waals surface area contributed by atoms with Crippen LogP contribution in [0.5, 0.6) is 0 Å². The van der Waals surface area contributed by atoms with Gasteiger partial charge in [-0.15, -0.1) is 0 Å². The lowest BCUT2D eigenvalue weighted by molar-refractivity contribution is 0.217. The van der Waals surface area contributed by atoms with Crippen molar-refractivity contribution in [2.45, 2.75) is 20.0 Å². The smallest absolute Gasteiger partial charge is 0.157 e. The molecule has 0 aliphatic carbocycles. The molecule has 0 amide bonds. The normalized spacial score (nSPS) is 12.2. The predicted molar refractivity (Wildman–Crippen MR) is 54.2 cm³/mol. The zero-order valence-electron chi connectivity index (χ0n) is 7.28. The maximum Gasteiger partial charge on any atom is 0.157 e. The molecule has 0 aromatic heterocycles. The summed E-state index contributed by atoms with van der Waals surface area (Å²) >= 11 is 4.85. The van der Waals surface area contributed by atoms with Gasteiger partial charge in [-0.1, -0.05) is 30.3 Å². The summed E-state index contributed by atoms with van der Waals surface area (Å²) < 4.78 is 5.37. The van der Waals surface area contributed by atoms with Crippen molar-refractivity contribution in [3.63, 3.8) is 0 Å². The highest BCUT2D eigenvalue weighted by Gasteiger charge is 2.04. The Bertz CT molecular complexity index is 256. The van der Waals surface area contributed by atoms with Crippen molar-refractivity contribution in [1.29, 1.82) is 0 Å². The molecule has 1 aromatic carbocycles. The Balaban J connectivity index is 2.65. The van der Waals surface area contributed by atoms with E-state index in [0.29, 0.717) is 5.05 Å². The van der Waals surface area contributed by atoms with Gasteiger partial charge in [-0.05, 0) is 24.7 Å². The van der Waals surface area contributed by atoms with Gasteiger partial charge < -0.3 is 4.74 Å². The van der Waals surface area contributed by atoms with Gasteiger partial charge in [-0.3, -0.25) is 0 Å². The van der Waals surface area contributed by atoms with Crippen molar-refractivity contribution in [3.05, 3.63) is 35.9 Å². The molecule has 1 aromatic rings. The number of hydrogen-bond donors (Lipinski definition) is 0. The largest absolute Gasteiger partial charge is 0.480 e. The van der Waals surface area contributed by atoms with Crippen LogP contribution in [-0.4, -0.2) is 5.05 Å². The summed E-state index contributed by atoms with van der Waals surface area (Å²) in [5.41, 5.74) is 1.15. The summed E-state index contributed by atoms with van der Waals surface area (Å²) in [6.07, 6.45) is 0.0590. The maximum atomic E-state index is 5.37. The lowest BCUT2D eigenvalue weighted by Crippen LogP contribution is -2.02.